The average Bonchev–Trinajstić information content (AvgIpc) is 2.50. The van der Waals surface area contributed by atoms with Crippen molar-refractivity contribution in [3.8, 4) is 0 Å². The van der Waals surface area contributed by atoms with E-state index < -0.39 is 0 Å². The number of benzene rings is 2. The molecule has 2 radical (unpaired) electrons. The first-order chi connectivity index (χ1) is 9.35. The van der Waals surface area contributed by atoms with E-state index in [0.29, 0.717) is 11.4 Å². The summed E-state index contributed by atoms with van der Waals surface area (Å²) in [5.41, 5.74) is 1.35. The van der Waals surface area contributed by atoms with Gasteiger partial charge in [-0.3, -0.25) is 19.4 Å². The van der Waals surface area contributed by atoms with Gasteiger partial charge in [-0.2, -0.15) is 0 Å². The van der Waals surface area contributed by atoms with Gasteiger partial charge in [0.1, 0.15) is 6.67 Å². The van der Waals surface area contributed by atoms with Gasteiger partial charge in [0.25, 0.3) is 0 Å². The van der Waals surface area contributed by atoms with Crippen molar-refractivity contribution < 1.29 is 9.59 Å². The van der Waals surface area contributed by atoms with Gasteiger partial charge in [-0.1, -0.05) is 36.4 Å². The van der Waals surface area contributed by atoms with Crippen LogP contribution < -0.4 is 9.80 Å². The van der Waals surface area contributed by atoms with Gasteiger partial charge >= 0.3 is 12.8 Å². The van der Waals surface area contributed by atoms with Crippen LogP contribution >= 0.6 is 0 Å². The van der Waals surface area contributed by atoms with Gasteiger partial charge in [0.2, 0.25) is 0 Å². The molecule has 4 heteroatoms. The van der Waals surface area contributed by atoms with Gasteiger partial charge in [-0.05, 0) is 24.3 Å². The number of rotatable bonds is 6. The average molecular weight is 252 g/mol. The minimum atomic E-state index is 0.0705. The number of hydrogen-bond acceptors (Lipinski definition) is 2. The standard InChI is InChI=1S/C15H12N2O2/c18-12-16(14-7-3-1-4-8-14)11-17(13-19)15-9-5-2-6-10-15/h1-10H,11H2. The molecular weight excluding hydrogens is 240 g/mol. The molecule has 94 valence electrons. The van der Waals surface area contributed by atoms with Crippen molar-refractivity contribution in [3.05, 3.63) is 60.7 Å². The molecule has 0 bridgehead atoms. The summed E-state index contributed by atoms with van der Waals surface area (Å²) in [5, 5.41) is 0. The fraction of sp³-hybridized carbons (Fsp3) is 0.0667. The lowest BCUT2D eigenvalue weighted by Gasteiger charge is -2.23. The third-order valence-corrected chi connectivity index (χ3v) is 2.64. The maximum absolute atomic E-state index is 11.0. The van der Waals surface area contributed by atoms with Crippen LogP contribution in [0.2, 0.25) is 0 Å². The van der Waals surface area contributed by atoms with Gasteiger partial charge < -0.3 is 0 Å². The summed E-state index contributed by atoms with van der Waals surface area (Å²) < 4.78 is 0. The minimum absolute atomic E-state index is 0.0705. The molecule has 0 aliphatic carbocycles. The lowest BCUT2D eigenvalue weighted by Crippen LogP contribution is -2.36. The summed E-state index contributed by atoms with van der Waals surface area (Å²) in [5.74, 6) is 0. The smallest absolute Gasteiger partial charge is 0.285 e. The van der Waals surface area contributed by atoms with E-state index in [1.807, 2.05) is 49.2 Å². The zero-order chi connectivity index (χ0) is 13.5. The Labute approximate surface area is 111 Å². The second-order valence-electron chi connectivity index (χ2n) is 3.85. The third kappa shape index (κ3) is 3.19. The summed E-state index contributed by atoms with van der Waals surface area (Å²) >= 11 is 0. The first-order valence-corrected chi connectivity index (χ1v) is 5.76. The SMILES string of the molecule is O=[C]N(CN([C]=O)c1ccccc1)c1ccccc1. The lowest BCUT2D eigenvalue weighted by atomic mass is 10.3. The number of para-hydroxylation sites is 2. The number of anilines is 2. The van der Waals surface area contributed by atoms with Crippen molar-refractivity contribution in [2.45, 2.75) is 0 Å². The molecule has 0 aliphatic rings. The van der Waals surface area contributed by atoms with Crippen molar-refractivity contribution in [1.29, 1.82) is 0 Å². The molecule has 0 aromatic heterocycles. The Morgan fingerprint density at radius 1 is 0.684 bits per heavy atom. The van der Waals surface area contributed by atoms with Crippen molar-refractivity contribution in [1.82, 2.24) is 0 Å². The van der Waals surface area contributed by atoms with Gasteiger partial charge in [0.05, 0.1) is 0 Å². The van der Waals surface area contributed by atoms with Crippen LogP contribution in [-0.4, -0.2) is 19.5 Å². The molecule has 0 saturated heterocycles. The maximum atomic E-state index is 11.0. The summed E-state index contributed by atoms with van der Waals surface area (Å²) in [6, 6.07) is 18.1. The van der Waals surface area contributed by atoms with E-state index in [1.54, 1.807) is 24.3 Å². The predicted octanol–water partition coefficient (Wildman–Crippen LogP) is 2.09. The highest BCUT2D eigenvalue weighted by atomic mass is 16.1. The Balaban J connectivity index is 2.17. The largest absolute Gasteiger partial charge is 0.318 e. The summed E-state index contributed by atoms with van der Waals surface area (Å²) in [6.45, 7) is 0.0705. The molecule has 0 aliphatic heterocycles. The van der Waals surface area contributed by atoms with E-state index in [9.17, 15) is 9.59 Å². The van der Waals surface area contributed by atoms with E-state index in [0.717, 1.165) is 0 Å². The first kappa shape index (κ1) is 12.8. The Kier molecular flexibility index (Phi) is 4.29. The molecule has 2 aromatic rings. The first-order valence-electron chi connectivity index (χ1n) is 5.76. The Morgan fingerprint density at radius 3 is 1.37 bits per heavy atom. The highest BCUT2D eigenvalue weighted by Crippen LogP contribution is 2.16. The highest BCUT2D eigenvalue weighted by molar-refractivity contribution is 5.81. The van der Waals surface area contributed by atoms with Crippen LogP contribution in [0.1, 0.15) is 0 Å². The van der Waals surface area contributed by atoms with Gasteiger partial charge in [-0.15, -0.1) is 0 Å². The fourth-order valence-corrected chi connectivity index (χ4v) is 1.68. The normalized spacial score (nSPS) is 9.68. The zero-order valence-corrected chi connectivity index (χ0v) is 10.2. The Bertz CT molecular complexity index is 479. The van der Waals surface area contributed by atoms with Gasteiger partial charge in [0.15, 0.2) is 0 Å². The molecule has 19 heavy (non-hydrogen) atoms. The van der Waals surface area contributed by atoms with Gasteiger partial charge in [-0.25, -0.2) is 0 Å². The van der Waals surface area contributed by atoms with Crippen LogP contribution in [0.5, 0.6) is 0 Å². The number of nitrogens with zero attached hydrogens (tertiary/aromatic N) is 2. The summed E-state index contributed by atoms with van der Waals surface area (Å²) in [4.78, 5) is 24.7. The van der Waals surface area contributed by atoms with Crippen LogP contribution in [0.4, 0.5) is 11.4 Å². The molecule has 0 atom stereocenters. The second kappa shape index (κ2) is 6.35. The van der Waals surface area contributed by atoms with E-state index >= 15 is 0 Å². The van der Waals surface area contributed by atoms with Gasteiger partial charge in [0, 0.05) is 11.4 Å². The van der Waals surface area contributed by atoms with Crippen molar-refractivity contribution >= 4 is 24.2 Å². The number of carbonyl (C=O) groups excluding carboxylic acids is 2. The molecule has 0 spiro atoms. The van der Waals surface area contributed by atoms with E-state index in [4.69, 9.17) is 0 Å². The molecule has 2 amide bonds. The molecule has 2 aromatic carbocycles. The number of amides is 2. The quantitative estimate of drug-likeness (QED) is 0.583. The third-order valence-electron chi connectivity index (χ3n) is 2.64. The predicted molar refractivity (Wildman–Crippen MR) is 74.1 cm³/mol. The van der Waals surface area contributed by atoms with Crippen molar-refractivity contribution in [3.63, 3.8) is 0 Å². The minimum Gasteiger partial charge on any atom is -0.285 e. The van der Waals surface area contributed by atoms with Crippen LogP contribution in [0, 0.1) is 0 Å². The molecule has 0 heterocycles. The maximum Gasteiger partial charge on any atom is 0.318 e. The zero-order valence-electron chi connectivity index (χ0n) is 10.2. The molecule has 2 rings (SSSR count). The van der Waals surface area contributed by atoms with Crippen molar-refractivity contribution in [2.24, 2.45) is 0 Å². The topological polar surface area (TPSA) is 40.6 Å². The summed E-state index contributed by atoms with van der Waals surface area (Å²) in [7, 11) is 0. The van der Waals surface area contributed by atoms with Crippen LogP contribution in [0.25, 0.3) is 0 Å². The van der Waals surface area contributed by atoms with Crippen LogP contribution in [0.3, 0.4) is 0 Å². The monoisotopic (exact) mass is 252 g/mol. The Hall–Kier alpha value is -2.62. The number of hydrogen-bond donors (Lipinski definition) is 0. The molecular formula is C15H12N2O2. The van der Waals surface area contributed by atoms with Crippen molar-refractivity contribution in [2.75, 3.05) is 16.5 Å². The summed E-state index contributed by atoms with van der Waals surface area (Å²) in [6.07, 6.45) is 3.63. The van der Waals surface area contributed by atoms with E-state index in [-0.39, 0.29) is 6.67 Å². The van der Waals surface area contributed by atoms with E-state index in [1.165, 1.54) is 9.80 Å². The molecule has 0 N–H and O–H groups in total. The molecule has 0 saturated carbocycles. The fourth-order valence-electron chi connectivity index (χ4n) is 1.68. The second-order valence-corrected chi connectivity index (χ2v) is 3.85. The Morgan fingerprint density at radius 2 is 1.05 bits per heavy atom. The molecule has 4 nitrogen and oxygen atoms in total. The molecule has 0 unspecified atom stereocenters. The van der Waals surface area contributed by atoms with E-state index in [2.05, 4.69) is 0 Å². The van der Waals surface area contributed by atoms with Crippen LogP contribution in [-0.2, 0) is 9.59 Å². The lowest BCUT2D eigenvalue weighted by molar-refractivity contribution is 0.544. The van der Waals surface area contributed by atoms with Crippen LogP contribution in [0.15, 0.2) is 60.7 Å². The molecule has 0 fully saturated rings. The highest BCUT2D eigenvalue weighted by Gasteiger charge is 2.12.